The molecular formula is C31H29N3O3. The molecule has 0 fully saturated rings. The predicted molar refractivity (Wildman–Crippen MR) is 146 cm³/mol. The fraction of sp³-hybridized carbons (Fsp3) is 0.161. The fourth-order valence-corrected chi connectivity index (χ4v) is 4.59. The molecule has 6 nitrogen and oxygen atoms in total. The van der Waals surface area contributed by atoms with Gasteiger partial charge >= 0.3 is 0 Å². The first-order chi connectivity index (χ1) is 17.9. The van der Waals surface area contributed by atoms with Crippen LogP contribution in [0.3, 0.4) is 0 Å². The van der Waals surface area contributed by atoms with Crippen molar-refractivity contribution in [3.63, 3.8) is 0 Å². The van der Waals surface area contributed by atoms with Gasteiger partial charge in [0.2, 0.25) is 0 Å². The molecule has 0 bridgehead atoms. The molecule has 0 aromatic heterocycles. The smallest absolute Gasteiger partial charge is 0.255 e. The molecule has 5 rings (SSSR count). The molecule has 0 aliphatic carbocycles. The second kappa shape index (κ2) is 10.7. The lowest BCUT2D eigenvalue weighted by Gasteiger charge is -2.25. The lowest BCUT2D eigenvalue weighted by Crippen LogP contribution is -2.26. The number of likely N-dealkylation sites (N-methyl/N-ethyl adjacent to an activating group) is 1. The van der Waals surface area contributed by atoms with Crippen LogP contribution < -0.4 is 10.6 Å². The average molecular weight is 492 g/mol. The summed E-state index contributed by atoms with van der Waals surface area (Å²) in [5.74, 6) is -0.179. The first kappa shape index (κ1) is 24.3. The second-order valence-electron chi connectivity index (χ2n) is 9.44. The quantitative estimate of drug-likeness (QED) is 0.345. The number of aromatic hydroxyl groups is 1. The number of nitrogens with one attached hydrogen (secondary N) is 2. The number of anilines is 1. The van der Waals surface area contributed by atoms with E-state index in [9.17, 15) is 14.7 Å². The van der Waals surface area contributed by atoms with Crippen LogP contribution in [0.2, 0.25) is 0 Å². The molecule has 0 radical (unpaired) electrons. The van der Waals surface area contributed by atoms with Gasteiger partial charge in [-0.3, -0.25) is 9.59 Å². The molecular weight excluding hydrogens is 462 g/mol. The van der Waals surface area contributed by atoms with Crippen LogP contribution in [0, 0.1) is 0 Å². The van der Waals surface area contributed by atoms with Crippen molar-refractivity contribution in [2.75, 3.05) is 18.9 Å². The van der Waals surface area contributed by atoms with E-state index in [0.29, 0.717) is 17.7 Å². The van der Waals surface area contributed by atoms with E-state index in [2.05, 4.69) is 34.7 Å². The van der Waals surface area contributed by atoms with Crippen LogP contribution in [0.4, 0.5) is 5.69 Å². The topological polar surface area (TPSA) is 81.7 Å². The number of amides is 2. The van der Waals surface area contributed by atoms with E-state index >= 15 is 0 Å². The number of carbonyl (C=O) groups excluding carboxylic acids is 2. The Balaban J connectivity index is 1.20. The lowest BCUT2D eigenvalue weighted by molar-refractivity contribution is 0.0950. The maximum absolute atomic E-state index is 12.9. The predicted octanol–water partition coefficient (Wildman–Crippen LogP) is 5.23. The Morgan fingerprint density at radius 2 is 1.62 bits per heavy atom. The zero-order valence-electron chi connectivity index (χ0n) is 20.7. The minimum atomic E-state index is -0.198. The maximum Gasteiger partial charge on any atom is 0.255 e. The summed E-state index contributed by atoms with van der Waals surface area (Å²) in [6.07, 6.45) is 1.02. The molecule has 1 aliphatic rings. The van der Waals surface area contributed by atoms with Crippen LogP contribution in [0.15, 0.2) is 91.0 Å². The summed E-state index contributed by atoms with van der Waals surface area (Å²) in [5, 5.41) is 15.6. The number of rotatable bonds is 6. The third-order valence-corrected chi connectivity index (χ3v) is 6.64. The van der Waals surface area contributed by atoms with E-state index in [1.165, 1.54) is 11.1 Å². The van der Waals surface area contributed by atoms with E-state index in [1.54, 1.807) is 42.5 Å². The van der Waals surface area contributed by atoms with Crippen LogP contribution in [0.5, 0.6) is 5.75 Å². The van der Waals surface area contributed by atoms with Crippen LogP contribution >= 0.6 is 0 Å². The number of phenols is 1. The van der Waals surface area contributed by atoms with Crippen molar-refractivity contribution in [2.45, 2.75) is 19.5 Å². The molecule has 4 aromatic carbocycles. The summed E-state index contributed by atoms with van der Waals surface area (Å²) >= 11 is 0. The largest absolute Gasteiger partial charge is 0.508 e. The molecule has 2 amide bonds. The number of hydrogen-bond donors (Lipinski definition) is 3. The van der Waals surface area contributed by atoms with E-state index in [1.807, 2.05) is 36.4 Å². The van der Waals surface area contributed by atoms with E-state index in [4.69, 9.17) is 0 Å². The van der Waals surface area contributed by atoms with Crippen LogP contribution in [0.25, 0.3) is 11.1 Å². The summed E-state index contributed by atoms with van der Waals surface area (Å²) in [6, 6.07) is 27.6. The number of carbonyl (C=O) groups is 2. The Labute approximate surface area is 216 Å². The summed E-state index contributed by atoms with van der Waals surface area (Å²) in [5.41, 5.74) is 7.08. The zero-order valence-corrected chi connectivity index (χ0v) is 20.7. The second-order valence-corrected chi connectivity index (χ2v) is 9.44. The van der Waals surface area contributed by atoms with E-state index in [-0.39, 0.29) is 17.6 Å². The standard InChI is InChI=1S/C31H29N3O3/c1-34-15-14-23-12-13-28(17-27(23)20-34)33-31(37)26-6-2-4-21(16-26)19-32-30(36)24-10-8-22(9-11-24)25-5-3-7-29(35)18-25/h2-13,16-18,35H,14-15,19-20H2,1H3,(H,32,36)(H,33,37). The van der Waals surface area contributed by atoms with Gasteiger partial charge < -0.3 is 20.6 Å². The van der Waals surface area contributed by atoms with Crippen LogP contribution in [-0.2, 0) is 19.5 Å². The Morgan fingerprint density at radius 1 is 0.811 bits per heavy atom. The van der Waals surface area contributed by atoms with Crippen molar-refractivity contribution in [1.29, 1.82) is 0 Å². The normalized spacial score (nSPS) is 13.0. The molecule has 0 atom stereocenters. The van der Waals surface area contributed by atoms with E-state index < -0.39 is 0 Å². The molecule has 0 saturated carbocycles. The number of phenolic OH excluding ortho intramolecular Hbond substituents is 1. The van der Waals surface area contributed by atoms with Gasteiger partial charge in [0.1, 0.15) is 5.75 Å². The van der Waals surface area contributed by atoms with Gasteiger partial charge in [0.25, 0.3) is 11.8 Å². The Bertz CT molecular complexity index is 1450. The Kier molecular flexibility index (Phi) is 7.01. The number of benzene rings is 4. The highest BCUT2D eigenvalue weighted by molar-refractivity contribution is 6.04. The van der Waals surface area contributed by atoms with Crippen molar-refractivity contribution >= 4 is 17.5 Å². The molecule has 186 valence electrons. The van der Waals surface area contributed by atoms with Crippen molar-refractivity contribution in [3.8, 4) is 16.9 Å². The fourth-order valence-electron chi connectivity index (χ4n) is 4.59. The van der Waals surface area contributed by atoms with Gasteiger partial charge in [-0.05, 0) is 89.8 Å². The average Bonchev–Trinajstić information content (AvgIpc) is 2.92. The van der Waals surface area contributed by atoms with Crippen molar-refractivity contribution in [3.05, 3.63) is 119 Å². The molecule has 0 saturated heterocycles. The Morgan fingerprint density at radius 3 is 2.43 bits per heavy atom. The zero-order chi connectivity index (χ0) is 25.8. The van der Waals surface area contributed by atoms with E-state index in [0.717, 1.165) is 41.9 Å². The molecule has 6 heteroatoms. The minimum Gasteiger partial charge on any atom is -0.508 e. The van der Waals surface area contributed by atoms with Gasteiger partial charge in [0.15, 0.2) is 0 Å². The highest BCUT2D eigenvalue weighted by Gasteiger charge is 2.15. The van der Waals surface area contributed by atoms with Crippen molar-refractivity contribution in [2.24, 2.45) is 0 Å². The lowest BCUT2D eigenvalue weighted by atomic mass is 9.99. The van der Waals surface area contributed by atoms with Gasteiger partial charge in [-0.1, -0.05) is 42.5 Å². The third kappa shape index (κ3) is 5.88. The monoisotopic (exact) mass is 491 g/mol. The first-order valence-corrected chi connectivity index (χ1v) is 12.3. The number of hydrogen-bond acceptors (Lipinski definition) is 4. The SMILES string of the molecule is CN1CCc2ccc(NC(=O)c3cccc(CNC(=O)c4ccc(-c5cccc(O)c5)cc4)c3)cc2C1. The molecule has 37 heavy (non-hydrogen) atoms. The summed E-state index contributed by atoms with van der Waals surface area (Å²) < 4.78 is 0. The van der Waals surface area contributed by atoms with Gasteiger partial charge in [0, 0.05) is 36.4 Å². The molecule has 4 aromatic rings. The van der Waals surface area contributed by atoms with Crippen molar-refractivity contribution in [1.82, 2.24) is 10.2 Å². The summed E-state index contributed by atoms with van der Waals surface area (Å²) in [6.45, 7) is 2.23. The van der Waals surface area contributed by atoms with Crippen LogP contribution in [0.1, 0.15) is 37.4 Å². The number of fused-ring (bicyclic) bond motifs is 1. The minimum absolute atomic E-state index is 0.181. The number of nitrogens with zero attached hydrogens (tertiary/aromatic N) is 1. The Hall–Kier alpha value is -4.42. The summed E-state index contributed by atoms with van der Waals surface area (Å²) in [7, 11) is 2.10. The highest BCUT2D eigenvalue weighted by atomic mass is 16.3. The van der Waals surface area contributed by atoms with Crippen LogP contribution in [-0.4, -0.2) is 35.4 Å². The maximum atomic E-state index is 12.9. The van der Waals surface area contributed by atoms with Gasteiger partial charge in [0.05, 0.1) is 0 Å². The highest BCUT2D eigenvalue weighted by Crippen LogP contribution is 2.24. The van der Waals surface area contributed by atoms with Gasteiger partial charge in [-0.2, -0.15) is 0 Å². The third-order valence-electron chi connectivity index (χ3n) is 6.64. The molecule has 0 unspecified atom stereocenters. The van der Waals surface area contributed by atoms with Gasteiger partial charge in [-0.15, -0.1) is 0 Å². The van der Waals surface area contributed by atoms with Gasteiger partial charge in [-0.25, -0.2) is 0 Å². The molecule has 0 spiro atoms. The first-order valence-electron chi connectivity index (χ1n) is 12.3. The molecule has 1 heterocycles. The molecule has 1 aliphatic heterocycles. The van der Waals surface area contributed by atoms with Crippen molar-refractivity contribution < 1.29 is 14.7 Å². The molecule has 3 N–H and O–H groups in total. The summed E-state index contributed by atoms with van der Waals surface area (Å²) in [4.78, 5) is 27.9.